The van der Waals surface area contributed by atoms with Gasteiger partial charge in [-0.25, -0.2) is 29.1 Å². The van der Waals surface area contributed by atoms with Gasteiger partial charge < -0.3 is 34.1 Å². The lowest BCUT2D eigenvalue weighted by molar-refractivity contribution is -0.201. The third-order valence-corrected chi connectivity index (χ3v) is 10.1. The molecule has 0 bridgehead atoms. The highest BCUT2D eigenvalue weighted by molar-refractivity contribution is 8.00. The highest BCUT2D eigenvalue weighted by Gasteiger charge is 2.55. The molecule has 6 rings (SSSR count). The number of benzene rings is 3. The van der Waals surface area contributed by atoms with Crippen LogP contribution in [0.15, 0.2) is 145 Å². The minimum absolute atomic E-state index is 0.0411. The molecule has 2 N–H and O–H groups in total. The predicted molar refractivity (Wildman–Crippen MR) is 208 cm³/mol. The van der Waals surface area contributed by atoms with Gasteiger partial charge in [0.15, 0.2) is 12.2 Å². The Hall–Kier alpha value is -6.42. The summed E-state index contributed by atoms with van der Waals surface area (Å²) in [6, 6.07) is 32.8. The summed E-state index contributed by atoms with van der Waals surface area (Å²) >= 11 is 1.10. The van der Waals surface area contributed by atoms with Gasteiger partial charge in [-0.1, -0.05) is 78.5 Å². The molecule has 1 aliphatic rings. The fourth-order valence-electron chi connectivity index (χ4n) is 6.21. The zero-order chi connectivity index (χ0) is 40.9. The van der Waals surface area contributed by atoms with Gasteiger partial charge in [0.05, 0.1) is 23.8 Å². The van der Waals surface area contributed by atoms with Crippen molar-refractivity contribution in [1.29, 1.82) is 0 Å². The lowest BCUT2D eigenvalue weighted by atomic mass is 9.89. The smallest absolute Gasteiger partial charge is 0.357 e. The first-order chi connectivity index (χ1) is 28.1. The molecule has 5 aromatic rings. The third kappa shape index (κ3) is 10.7. The maximum atomic E-state index is 14.0. The number of hydrogen-bond acceptors (Lipinski definition) is 14. The molecule has 1 fully saturated rings. The summed E-state index contributed by atoms with van der Waals surface area (Å²) in [7, 11) is 0. The lowest BCUT2D eigenvalue weighted by Crippen LogP contribution is -2.67. The van der Waals surface area contributed by atoms with Gasteiger partial charge in [-0.15, -0.1) is 0 Å². The van der Waals surface area contributed by atoms with Gasteiger partial charge in [0.25, 0.3) is 0 Å². The number of amides is 1. The Morgan fingerprint density at radius 3 is 1.81 bits per heavy atom. The van der Waals surface area contributed by atoms with Crippen LogP contribution in [0.3, 0.4) is 0 Å². The molecule has 1 aliphatic heterocycles. The number of carbonyl (C=O) groups is 5. The Labute approximate surface area is 337 Å². The van der Waals surface area contributed by atoms with Gasteiger partial charge in [0.2, 0.25) is 5.91 Å². The van der Waals surface area contributed by atoms with Crippen LogP contribution < -0.4 is 5.32 Å². The van der Waals surface area contributed by atoms with Crippen LogP contribution in [0.25, 0.3) is 0 Å². The van der Waals surface area contributed by atoms with Crippen molar-refractivity contribution >= 4 is 41.5 Å². The molecule has 1 unspecified atom stereocenters. The van der Waals surface area contributed by atoms with Crippen molar-refractivity contribution in [2.24, 2.45) is 0 Å². The first-order valence-electron chi connectivity index (χ1n) is 18.2. The fraction of sp³-hybridized carbons (Fsp3) is 0.233. The molecule has 298 valence electrons. The van der Waals surface area contributed by atoms with E-state index in [2.05, 4.69) is 15.3 Å². The zero-order valence-electron chi connectivity index (χ0n) is 31.1. The van der Waals surface area contributed by atoms with E-state index in [-0.39, 0.29) is 28.9 Å². The van der Waals surface area contributed by atoms with Crippen molar-refractivity contribution in [3.63, 3.8) is 0 Å². The van der Waals surface area contributed by atoms with Crippen LogP contribution in [0.1, 0.15) is 55.0 Å². The molecule has 0 spiro atoms. The van der Waals surface area contributed by atoms with Crippen LogP contribution in [0.4, 0.5) is 0 Å². The molecule has 14 nitrogen and oxygen atoms in total. The fourth-order valence-corrected chi connectivity index (χ4v) is 7.40. The number of hydrogen-bond donors (Lipinski definition) is 2. The number of esters is 4. The first-order valence-corrected chi connectivity index (χ1v) is 19.0. The molecule has 15 heteroatoms. The van der Waals surface area contributed by atoms with E-state index in [1.807, 2.05) is 6.07 Å². The molecule has 0 saturated carbocycles. The number of ether oxygens (including phenoxy) is 5. The Kier molecular flexibility index (Phi) is 14.0. The highest BCUT2D eigenvalue weighted by Crippen LogP contribution is 2.45. The predicted octanol–water partition coefficient (Wildman–Crippen LogP) is 5.08. The highest BCUT2D eigenvalue weighted by atomic mass is 32.2. The largest absolute Gasteiger partial charge is 0.457 e. The quantitative estimate of drug-likeness (QED) is 0.105. The Morgan fingerprint density at radius 2 is 1.28 bits per heavy atom. The summed E-state index contributed by atoms with van der Waals surface area (Å²) in [6.45, 7) is -0.145. The van der Waals surface area contributed by atoms with E-state index in [1.165, 1.54) is 55.7 Å². The number of thioether (sulfide) groups is 1. The van der Waals surface area contributed by atoms with E-state index in [4.69, 9.17) is 23.7 Å². The van der Waals surface area contributed by atoms with E-state index in [9.17, 15) is 29.1 Å². The summed E-state index contributed by atoms with van der Waals surface area (Å²) in [5.41, 5.74) is 0.119. The van der Waals surface area contributed by atoms with Gasteiger partial charge in [-0.2, -0.15) is 0 Å². The van der Waals surface area contributed by atoms with E-state index < -0.39 is 78.4 Å². The molecule has 6 atom stereocenters. The minimum Gasteiger partial charge on any atom is -0.457 e. The van der Waals surface area contributed by atoms with Crippen molar-refractivity contribution in [1.82, 2.24) is 15.3 Å². The van der Waals surface area contributed by atoms with E-state index in [0.717, 1.165) is 11.8 Å². The molecule has 0 aliphatic carbocycles. The van der Waals surface area contributed by atoms with Crippen molar-refractivity contribution < 1.29 is 52.8 Å². The van der Waals surface area contributed by atoms with Gasteiger partial charge in [0.1, 0.15) is 35.1 Å². The number of aromatic nitrogens is 2. The van der Waals surface area contributed by atoms with E-state index in [1.54, 1.807) is 84.9 Å². The van der Waals surface area contributed by atoms with Crippen molar-refractivity contribution in [2.45, 2.75) is 53.6 Å². The van der Waals surface area contributed by atoms with Crippen molar-refractivity contribution in [3.05, 3.63) is 162 Å². The molecule has 3 aromatic carbocycles. The number of nitrogens with one attached hydrogen (secondary N) is 1. The first kappa shape index (κ1) is 41.2. The van der Waals surface area contributed by atoms with Gasteiger partial charge >= 0.3 is 23.9 Å². The van der Waals surface area contributed by atoms with Crippen LogP contribution in [0.2, 0.25) is 0 Å². The number of pyridine rings is 2. The molecule has 1 saturated heterocycles. The molecular weight excluding hydrogens is 767 g/mol. The van der Waals surface area contributed by atoms with E-state index in [0.29, 0.717) is 4.90 Å². The summed E-state index contributed by atoms with van der Waals surface area (Å²) in [4.78, 5) is 75.0. The summed E-state index contributed by atoms with van der Waals surface area (Å²) in [6.07, 6.45) is -3.57. The summed E-state index contributed by atoms with van der Waals surface area (Å²) < 4.78 is 30.8. The standard InChI is InChI=1S/C43H39N3O11S/c1-28(48)46-36-34(54-42(52)33-22-12-14-24-45-33)25-43(27-47,58-31-19-9-4-10-20-31)57-38(36)37(56-40(50)30-17-7-3-8-18-30)35(55-39(49)29-15-5-2-6-16-29)26-53-41(51)32-21-11-13-23-44-32/h2-24,34-38,47H,25-27H2,1H3,(H,46,48)/t34-,35+,36+,37+,38+,43?/m0/s1. The van der Waals surface area contributed by atoms with E-state index >= 15 is 0 Å². The van der Waals surface area contributed by atoms with Gasteiger partial charge in [-0.05, 0) is 60.7 Å². The second kappa shape index (κ2) is 19.6. The second-order valence-electron chi connectivity index (χ2n) is 13.0. The monoisotopic (exact) mass is 805 g/mol. The summed E-state index contributed by atoms with van der Waals surface area (Å²) in [5.74, 6) is -4.10. The molecular formula is C43H39N3O11S. The molecule has 1 amide bonds. The third-order valence-electron chi connectivity index (χ3n) is 8.87. The van der Waals surface area contributed by atoms with Gasteiger partial charge in [-0.3, -0.25) is 4.79 Å². The maximum absolute atomic E-state index is 14.0. The van der Waals surface area contributed by atoms with Gasteiger partial charge in [0, 0.05) is 30.6 Å². The van der Waals surface area contributed by atoms with Crippen LogP contribution in [-0.4, -0.2) is 93.5 Å². The number of rotatable bonds is 15. The topological polar surface area (TPSA) is 190 Å². The number of aliphatic hydroxyl groups excluding tert-OH is 1. The SMILES string of the molecule is CC(=O)N[C@H]1[C@H]([C@H](OC(=O)c2ccccc2)[C@@H](COC(=O)c2ccccn2)OC(=O)c2ccccc2)OC(CO)(Sc2ccccc2)C[C@@H]1OC(=O)c1ccccn1. The van der Waals surface area contributed by atoms with Crippen molar-refractivity contribution in [3.8, 4) is 0 Å². The lowest BCUT2D eigenvalue weighted by Gasteiger charge is -2.49. The number of aliphatic hydroxyl groups is 1. The average Bonchev–Trinajstić information content (AvgIpc) is 3.26. The molecule has 0 radical (unpaired) electrons. The molecule has 58 heavy (non-hydrogen) atoms. The van der Waals surface area contributed by atoms with Crippen LogP contribution in [0.5, 0.6) is 0 Å². The molecule has 2 aromatic heterocycles. The molecule has 3 heterocycles. The Bertz CT molecular complexity index is 2150. The van der Waals surface area contributed by atoms with Crippen LogP contribution >= 0.6 is 11.8 Å². The number of nitrogens with zero attached hydrogens (tertiary/aromatic N) is 2. The Balaban J connectivity index is 1.48. The summed E-state index contributed by atoms with van der Waals surface area (Å²) in [5, 5.41) is 14.0. The maximum Gasteiger partial charge on any atom is 0.357 e. The van der Waals surface area contributed by atoms with Crippen LogP contribution in [0, 0.1) is 0 Å². The van der Waals surface area contributed by atoms with Crippen molar-refractivity contribution in [2.75, 3.05) is 13.2 Å². The Morgan fingerprint density at radius 1 is 0.741 bits per heavy atom. The number of carbonyl (C=O) groups excluding carboxylic acids is 5. The normalized spacial score (nSPS) is 19.7. The van der Waals surface area contributed by atoms with Crippen LogP contribution in [-0.2, 0) is 28.5 Å². The average molecular weight is 806 g/mol. The second-order valence-corrected chi connectivity index (χ2v) is 14.4. The minimum atomic E-state index is -1.72. The zero-order valence-corrected chi connectivity index (χ0v) is 31.9.